The highest BCUT2D eigenvalue weighted by Gasteiger charge is 2.46. The van der Waals surface area contributed by atoms with Crippen LogP contribution in [-0.4, -0.2) is 44.8 Å². The predicted octanol–water partition coefficient (Wildman–Crippen LogP) is 19.3. The first-order valence-electron chi connectivity index (χ1n) is 50.2. The summed E-state index contributed by atoms with van der Waals surface area (Å²) in [6.07, 6.45) is 0. The Morgan fingerprint density at radius 2 is 0.406 bits per heavy atom. The van der Waals surface area contributed by atoms with Crippen molar-refractivity contribution in [3.63, 3.8) is 0 Å². The van der Waals surface area contributed by atoms with E-state index in [0.29, 0.717) is 5.56 Å². The molecule has 0 atom stereocenters. The van der Waals surface area contributed by atoms with Crippen molar-refractivity contribution in [3.05, 3.63) is 550 Å². The minimum Gasteiger partial charge on any atom is -0.309 e. The molecule has 0 amide bonds. The smallest absolute Gasteiger partial charge is 0.242 e. The summed E-state index contributed by atoms with van der Waals surface area (Å²) in [5.74, 6) is 0. The van der Waals surface area contributed by atoms with Gasteiger partial charge in [0.15, 0.2) is 0 Å². The summed E-state index contributed by atoms with van der Waals surface area (Å²) in [5.41, 5.74) is 47.4. The molecule has 0 saturated carbocycles. The average molecular weight is 1820 g/mol. The Hall–Kier alpha value is -17.1. The van der Waals surface area contributed by atoms with Crippen LogP contribution in [0.1, 0.15) is 55.5 Å². The van der Waals surface area contributed by atoms with E-state index in [1.54, 1.807) is 0 Å². The molecule has 10 heteroatoms. The van der Waals surface area contributed by atoms with Gasteiger partial charge in [-0.05, 0) is 105 Å². The van der Waals surface area contributed by atoms with E-state index >= 15 is 0 Å². The van der Waals surface area contributed by atoms with Crippen molar-refractivity contribution in [1.29, 1.82) is 5.26 Å². The Morgan fingerprint density at radius 1 is 0.182 bits per heavy atom. The lowest BCUT2D eigenvalue weighted by molar-refractivity contribution is 0.632. The van der Waals surface area contributed by atoms with E-state index in [-0.39, 0.29) is 51.1 Å². The van der Waals surface area contributed by atoms with Crippen molar-refractivity contribution in [3.8, 4) is 45.1 Å². The first-order valence-corrected chi connectivity index (χ1v) is 50.2. The molecule has 0 radical (unpaired) electrons. The Morgan fingerprint density at radius 3 is 0.727 bits per heavy atom. The molecule has 22 aromatic rings. The van der Waals surface area contributed by atoms with Gasteiger partial charge in [-0.15, -0.1) is 0 Å². The van der Waals surface area contributed by atoms with Crippen molar-refractivity contribution >= 4 is 195 Å². The maximum atomic E-state index is 10.8. The molecule has 1 aromatic heterocycles. The zero-order valence-electron chi connectivity index (χ0n) is 80.4. The van der Waals surface area contributed by atoms with Crippen LogP contribution in [0.5, 0.6) is 0 Å². The highest BCUT2D eigenvalue weighted by Crippen LogP contribution is 2.55. The third-order valence-electron chi connectivity index (χ3n) is 31.3. The van der Waals surface area contributed by atoms with Gasteiger partial charge >= 0.3 is 0 Å². The molecule has 4 nitrogen and oxygen atoms in total. The van der Waals surface area contributed by atoms with E-state index < -0.39 is 0 Å². The van der Waals surface area contributed by atoms with Gasteiger partial charge < -0.3 is 14.4 Å². The predicted molar refractivity (Wildman–Crippen MR) is 614 cm³/mol. The number of hydrogen-bond acceptors (Lipinski definition) is 3. The van der Waals surface area contributed by atoms with E-state index in [1.807, 2.05) is 12.1 Å². The number of fused-ring (bicyclic) bond motifs is 13. The Balaban J connectivity index is 0.000000113. The fraction of sp³-hybridized carbons (Fsp3) is 0.0451. The van der Waals surface area contributed by atoms with Crippen molar-refractivity contribution in [2.45, 2.75) is 38.5 Å². The normalized spacial score (nSPS) is 13.4. The molecule has 5 aliphatic rings. The summed E-state index contributed by atoms with van der Waals surface area (Å²) in [7, 11) is 0. The van der Waals surface area contributed by atoms with Crippen LogP contribution in [0, 0.1) is 11.3 Å². The zero-order chi connectivity index (χ0) is 95.8. The van der Waals surface area contributed by atoms with Gasteiger partial charge in [0.1, 0.15) is 0 Å². The van der Waals surface area contributed by atoms with Gasteiger partial charge in [0, 0.05) is 43.9 Å². The monoisotopic (exact) mass is 1820 g/mol. The van der Waals surface area contributed by atoms with Gasteiger partial charge in [-0.1, -0.05) is 582 Å². The Bertz CT molecular complexity index is 8430. The quantitative estimate of drug-likeness (QED) is 0.114. The molecular weight excluding hydrogens is 1720 g/mol. The van der Waals surface area contributed by atoms with Crippen LogP contribution in [0.2, 0.25) is 0 Å². The van der Waals surface area contributed by atoms with Crippen molar-refractivity contribution < 1.29 is 0 Å². The van der Waals surface area contributed by atoms with E-state index in [1.165, 1.54) is 193 Å². The number of hydrogen-bond donors (Lipinski definition) is 0. The summed E-state index contributed by atoms with van der Waals surface area (Å²) >= 11 is 0. The third kappa shape index (κ3) is 14.7. The number of rotatable bonds is 12. The van der Waals surface area contributed by atoms with Gasteiger partial charge in [-0.3, -0.25) is 0 Å². The Labute approximate surface area is 841 Å². The van der Waals surface area contributed by atoms with Gasteiger partial charge in [0.25, 0.3) is 0 Å². The minimum absolute atomic E-state index is 0.0986. The molecule has 0 aliphatic carbocycles. The maximum absolute atomic E-state index is 10.8. The minimum atomic E-state index is -0.157. The summed E-state index contributed by atoms with van der Waals surface area (Å²) in [6, 6.07) is 194. The lowest BCUT2D eigenvalue weighted by Gasteiger charge is -2.42. The fourth-order valence-electron chi connectivity index (χ4n) is 25.1. The van der Waals surface area contributed by atoms with Crippen LogP contribution in [0.25, 0.3) is 60.9 Å². The maximum Gasteiger partial charge on any atom is 0.242 e. The number of nitriles is 1. The number of benzene rings is 21. The molecule has 21 aromatic carbocycles. The molecule has 5 aliphatic heterocycles. The number of aromatic nitrogens is 1. The molecule has 143 heavy (non-hydrogen) atoms. The first-order chi connectivity index (χ1) is 70.6. The molecule has 0 fully saturated rings. The lowest BCUT2D eigenvalue weighted by Crippen LogP contribution is -2.75. The molecule has 0 N–H and O–H groups in total. The molecule has 0 spiro atoms. The largest absolute Gasteiger partial charge is 0.309 e. The Kier molecular flexibility index (Phi) is 22.4. The molecule has 0 unspecified atom stereocenters. The van der Waals surface area contributed by atoms with Crippen LogP contribution < -0.4 is 108 Å². The molecule has 6 heterocycles. The number of nitrogens with zero attached hydrogens (tertiary/aromatic N) is 4. The SMILES string of the molecule is CC1(C)c2ccccc2N(c2ccccc2-c2cccc(C#N)c2B2c3ccccc3B(c3ccccc3)c3ccccc32)c2ccccc21.CC1(C)c2ccccc2N(c2ccccc2-c2ccccc2B2c3ccccc3B(c3ccccc3)c3ccccc32)c2ccccc21.c1ccc(B2c3ccccc3B(c3ccccc3-c3ccccc3-n3c4ccccc4c4ccccc43)c3ccccc32)cc1. The summed E-state index contributed by atoms with van der Waals surface area (Å²) < 4.78 is 2.45. The van der Waals surface area contributed by atoms with Crippen LogP contribution in [-0.2, 0) is 10.8 Å². The first kappa shape index (κ1) is 87.4. The van der Waals surface area contributed by atoms with E-state index in [9.17, 15) is 5.26 Å². The van der Waals surface area contributed by atoms with Crippen molar-refractivity contribution in [1.82, 2.24) is 4.57 Å². The van der Waals surface area contributed by atoms with Crippen LogP contribution >= 0.6 is 0 Å². The fourth-order valence-corrected chi connectivity index (χ4v) is 25.1. The molecular formula is C133H98B6N4. The second-order valence-corrected chi connectivity index (χ2v) is 39.6. The second-order valence-electron chi connectivity index (χ2n) is 39.6. The van der Waals surface area contributed by atoms with Crippen molar-refractivity contribution in [2.24, 2.45) is 0 Å². The van der Waals surface area contributed by atoms with Crippen LogP contribution in [0.15, 0.2) is 522 Å². The topological polar surface area (TPSA) is 35.2 Å². The third-order valence-corrected chi connectivity index (χ3v) is 31.3. The van der Waals surface area contributed by atoms with Gasteiger partial charge in [-0.25, -0.2) is 0 Å². The van der Waals surface area contributed by atoms with Crippen LogP contribution in [0.4, 0.5) is 34.1 Å². The highest BCUT2D eigenvalue weighted by molar-refractivity contribution is 7.13. The number of para-hydroxylation sites is 9. The molecule has 27 rings (SSSR count). The van der Waals surface area contributed by atoms with Crippen LogP contribution in [0.3, 0.4) is 0 Å². The standard InChI is InChI=1S/C46H34B2N2.C45H35B2N.C42H29B2N/c1-46(2)36-22-7-14-29-43(36)50(44-30-15-8-23-37(44)46)42-28-13-6-20-34(42)35-21-16-17-32(31-49)45(35)48-40-26-11-9-24-38(40)47(33-18-4-3-5-19-33)39-25-10-12-27-41(39)48;1-45(2)35-22-8-16-30-43(35)48(44-31-17-9-23-36(44)45)42-29-15-7-21-34(42)33-20-6-10-24-37(33)47-40-27-13-11-25-38(40)46(32-18-4-3-5-19-32)39-26-12-14-28-41(39)47;1-2-16-30(17-3-1)43-36-23-9-11-25-38(36)44(39-26-12-10-24-37(39)43)35-22-8-4-18-31(35)32-19-5-13-27-40(32)45-41-28-14-6-20-33(41)34-21-7-15-29-42(34)45/h3-30H,1-2H3;3-31H,1-2H3;1-29H. The summed E-state index contributed by atoms with van der Waals surface area (Å²) in [4.78, 5) is 4.93. The summed E-state index contributed by atoms with van der Waals surface area (Å²) in [6.45, 7) is 9.93. The molecule has 0 saturated heterocycles. The van der Waals surface area contributed by atoms with E-state index in [4.69, 9.17) is 0 Å². The van der Waals surface area contributed by atoms with Crippen molar-refractivity contribution in [2.75, 3.05) is 9.80 Å². The number of anilines is 6. The van der Waals surface area contributed by atoms with Gasteiger partial charge in [-0.2, -0.15) is 5.26 Å². The van der Waals surface area contributed by atoms with E-state index in [0.717, 1.165) is 22.3 Å². The summed E-state index contributed by atoms with van der Waals surface area (Å²) in [5, 5.41) is 13.4. The van der Waals surface area contributed by atoms with Gasteiger partial charge in [0.2, 0.25) is 40.3 Å². The highest BCUT2D eigenvalue weighted by atomic mass is 15.2. The zero-order valence-corrected chi connectivity index (χ0v) is 80.4. The lowest BCUT2D eigenvalue weighted by atomic mass is 9.20. The average Bonchev–Trinajstić information content (AvgIpc) is 1.51. The van der Waals surface area contributed by atoms with E-state index in [2.05, 4.69) is 558 Å². The molecule has 668 valence electrons. The molecule has 0 bridgehead atoms. The second kappa shape index (κ2) is 36.6. The van der Waals surface area contributed by atoms with Gasteiger partial charge in [0.05, 0.1) is 56.9 Å².